The Bertz CT molecular complexity index is 684. The number of nitrogens with zero attached hydrogens (tertiary/aromatic N) is 1. The summed E-state index contributed by atoms with van der Waals surface area (Å²) in [5.74, 6) is 0. The van der Waals surface area contributed by atoms with E-state index in [1.54, 1.807) is 0 Å². The van der Waals surface area contributed by atoms with Gasteiger partial charge in [0.2, 0.25) is 0 Å². The first-order valence-electron chi connectivity index (χ1n) is 6.00. The first-order chi connectivity index (χ1) is 8.92. The Hall–Kier alpha value is -2.41. The van der Waals surface area contributed by atoms with E-state index in [2.05, 4.69) is 41.4 Å². The Labute approximate surface area is 106 Å². The Morgan fingerprint density at radius 2 is 1.44 bits per heavy atom. The predicted molar refractivity (Wildman–Crippen MR) is 77.1 cm³/mol. The maximum absolute atomic E-state index is 4.44. The van der Waals surface area contributed by atoms with Gasteiger partial charge in [-0.15, -0.1) is 0 Å². The summed E-state index contributed by atoms with van der Waals surface area (Å²) in [7, 11) is 0. The lowest BCUT2D eigenvalue weighted by atomic mass is 10.1. The van der Waals surface area contributed by atoms with Gasteiger partial charge in [-0.25, -0.2) is 0 Å². The van der Waals surface area contributed by atoms with E-state index in [1.807, 2.05) is 42.6 Å². The molecule has 0 aliphatic rings. The molecule has 18 heavy (non-hydrogen) atoms. The summed E-state index contributed by atoms with van der Waals surface area (Å²) in [5.41, 5.74) is 2.17. The van der Waals surface area contributed by atoms with Gasteiger partial charge < -0.3 is 0 Å². The highest BCUT2D eigenvalue weighted by Crippen LogP contribution is 2.15. The zero-order valence-electron chi connectivity index (χ0n) is 9.95. The Morgan fingerprint density at radius 3 is 2.28 bits per heavy atom. The first-order valence-corrected chi connectivity index (χ1v) is 6.00. The van der Waals surface area contributed by atoms with E-state index in [9.17, 15) is 0 Å². The van der Waals surface area contributed by atoms with Crippen molar-refractivity contribution >= 4 is 22.9 Å². The van der Waals surface area contributed by atoms with Crippen LogP contribution in [0.3, 0.4) is 0 Å². The number of aromatic nitrogens is 1. The molecule has 3 aromatic rings. The van der Waals surface area contributed by atoms with E-state index in [-0.39, 0.29) is 0 Å². The van der Waals surface area contributed by atoms with Crippen molar-refractivity contribution in [3.63, 3.8) is 0 Å². The zero-order chi connectivity index (χ0) is 12.2. The lowest BCUT2D eigenvalue weighted by Crippen LogP contribution is -1.81. The van der Waals surface area contributed by atoms with Gasteiger partial charge in [-0.3, -0.25) is 4.98 Å². The fourth-order valence-electron chi connectivity index (χ4n) is 1.94. The summed E-state index contributed by atoms with van der Waals surface area (Å²) in [4.78, 5) is 4.44. The van der Waals surface area contributed by atoms with E-state index < -0.39 is 0 Å². The highest BCUT2D eigenvalue weighted by atomic mass is 14.7. The topological polar surface area (TPSA) is 12.9 Å². The predicted octanol–water partition coefficient (Wildman–Crippen LogP) is 4.41. The van der Waals surface area contributed by atoms with Crippen LogP contribution in [0.5, 0.6) is 0 Å². The standard InChI is InChI=1S/C17H13N/c1-2-6-14(7-3-1)10-11-17-12-15-8-4-5-9-16(15)13-18-17/h1-13H/b11-10+. The maximum atomic E-state index is 4.44. The number of fused-ring (bicyclic) bond motifs is 1. The van der Waals surface area contributed by atoms with Crippen LogP contribution in [-0.2, 0) is 0 Å². The van der Waals surface area contributed by atoms with Gasteiger partial charge in [0, 0.05) is 11.6 Å². The smallest absolute Gasteiger partial charge is 0.0636 e. The van der Waals surface area contributed by atoms with Gasteiger partial charge in [0.1, 0.15) is 0 Å². The van der Waals surface area contributed by atoms with Gasteiger partial charge in [0.15, 0.2) is 0 Å². The number of pyridine rings is 1. The van der Waals surface area contributed by atoms with Crippen LogP contribution in [0.15, 0.2) is 66.9 Å². The minimum absolute atomic E-state index is 0.984. The Kier molecular flexibility index (Phi) is 2.89. The number of hydrogen-bond acceptors (Lipinski definition) is 1. The van der Waals surface area contributed by atoms with Crippen LogP contribution in [0, 0.1) is 0 Å². The minimum atomic E-state index is 0.984. The third-order valence-corrected chi connectivity index (χ3v) is 2.90. The fourth-order valence-corrected chi connectivity index (χ4v) is 1.94. The summed E-state index contributed by atoms with van der Waals surface area (Å²) in [5, 5.41) is 2.40. The van der Waals surface area contributed by atoms with Crippen molar-refractivity contribution in [1.82, 2.24) is 4.98 Å². The molecule has 0 saturated carbocycles. The zero-order valence-corrected chi connectivity index (χ0v) is 9.95. The summed E-state index contributed by atoms with van der Waals surface area (Å²) >= 11 is 0. The van der Waals surface area contributed by atoms with Crippen molar-refractivity contribution in [3.8, 4) is 0 Å². The normalized spacial score (nSPS) is 11.1. The lowest BCUT2D eigenvalue weighted by Gasteiger charge is -1.98. The van der Waals surface area contributed by atoms with Gasteiger partial charge in [0.25, 0.3) is 0 Å². The van der Waals surface area contributed by atoms with Crippen LogP contribution in [0.25, 0.3) is 22.9 Å². The Morgan fingerprint density at radius 1 is 0.722 bits per heavy atom. The molecule has 0 bridgehead atoms. The van der Waals surface area contributed by atoms with Gasteiger partial charge in [-0.05, 0) is 23.1 Å². The third kappa shape index (κ3) is 2.30. The third-order valence-electron chi connectivity index (χ3n) is 2.90. The number of benzene rings is 2. The van der Waals surface area contributed by atoms with E-state index in [1.165, 1.54) is 16.3 Å². The van der Waals surface area contributed by atoms with Gasteiger partial charge in [-0.2, -0.15) is 0 Å². The van der Waals surface area contributed by atoms with Gasteiger partial charge in [-0.1, -0.05) is 60.7 Å². The number of hydrogen-bond donors (Lipinski definition) is 0. The molecule has 1 nitrogen and oxygen atoms in total. The molecule has 0 radical (unpaired) electrons. The minimum Gasteiger partial charge on any atom is -0.256 e. The molecule has 2 aromatic carbocycles. The van der Waals surface area contributed by atoms with Gasteiger partial charge in [0.05, 0.1) is 5.69 Å². The molecule has 0 saturated heterocycles. The highest BCUT2D eigenvalue weighted by Gasteiger charge is 1.94. The second-order valence-electron chi connectivity index (χ2n) is 4.20. The maximum Gasteiger partial charge on any atom is 0.0636 e. The van der Waals surface area contributed by atoms with Crippen LogP contribution in [0.4, 0.5) is 0 Å². The Balaban J connectivity index is 1.93. The van der Waals surface area contributed by atoms with Crippen molar-refractivity contribution in [1.29, 1.82) is 0 Å². The van der Waals surface area contributed by atoms with Crippen LogP contribution < -0.4 is 0 Å². The lowest BCUT2D eigenvalue weighted by molar-refractivity contribution is 1.33. The van der Waals surface area contributed by atoms with E-state index in [0.29, 0.717) is 0 Å². The number of rotatable bonds is 2. The molecule has 1 heterocycles. The average Bonchev–Trinajstić information content (AvgIpc) is 2.46. The molecule has 1 heteroatoms. The monoisotopic (exact) mass is 231 g/mol. The summed E-state index contributed by atoms with van der Waals surface area (Å²) in [6.07, 6.45) is 6.04. The molecule has 0 amide bonds. The molecule has 0 unspecified atom stereocenters. The van der Waals surface area contributed by atoms with Gasteiger partial charge >= 0.3 is 0 Å². The van der Waals surface area contributed by atoms with Crippen molar-refractivity contribution in [3.05, 3.63) is 78.1 Å². The molecular weight excluding hydrogens is 218 g/mol. The van der Waals surface area contributed by atoms with Crippen molar-refractivity contribution in [2.24, 2.45) is 0 Å². The van der Waals surface area contributed by atoms with E-state index in [0.717, 1.165) is 5.69 Å². The quantitative estimate of drug-likeness (QED) is 0.636. The fraction of sp³-hybridized carbons (Fsp3) is 0. The molecule has 0 aliphatic heterocycles. The molecule has 0 aliphatic carbocycles. The van der Waals surface area contributed by atoms with Crippen molar-refractivity contribution < 1.29 is 0 Å². The second-order valence-corrected chi connectivity index (χ2v) is 4.20. The van der Waals surface area contributed by atoms with Crippen LogP contribution >= 0.6 is 0 Å². The van der Waals surface area contributed by atoms with Crippen molar-refractivity contribution in [2.75, 3.05) is 0 Å². The molecule has 86 valence electrons. The summed E-state index contributed by atoms with van der Waals surface area (Å²) in [6.45, 7) is 0. The largest absolute Gasteiger partial charge is 0.256 e. The second kappa shape index (κ2) is 4.84. The molecule has 0 atom stereocenters. The summed E-state index contributed by atoms with van der Waals surface area (Å²) in [6, 6.07) is 20.6. The molecule has 0 N–H and O–H groups in total. The van der Waals surface area contributed by atoms with E-state index >= 15 is 0 Å². The molecule has 1 aromatic heterocycles. The van der Waals surface area contributed by atoms with E-state index in [4.69, 9.17) is 0 Å². The van der Waals surface area contributed by atoms with Crippen LogP contribution in [0.1, 0.15) is 11.3 Å². The molecular formula is C17H13N. The van der Waals surface area contributed by atoms with Crippen molar-refractivity contribution in [2.45, 2.75) is 0 Å². The average molecular weight is 231 g/mol. The van der Waals surface area contributed by atoms with Crippen LogP contribution in [0.2, 0.25) is 0 Å². The SMILES string of the molecule is C(=C\c1cc2ccccc2cn1)/c1ccccc1. The molecule has 0 fully saturated rings. The summed E-state index contributed by atoms with van der Waals surface area (Å²) < 4.78 is 0. The highest BCUT2D eigenvalue weighted by molar-refractivity contribution is 5.84. The molecule has 3 rings (SSSR count). The van der Waals surface area contributed by atoms with Crippen LogP contribution in [-0.4, -0.2) is 4.98 Å². The molecule has 0 spiro atoms. The first kappa shape index (κ1) is 10.7.